The zero-order valence-corrected chi connectivity index (χ0v) is 8.24. The van der Waals surface area contributed by atoms with Crippen LogP contribution in [0.5, 0.6) is 0 Å². The minimum absolute atomic E-state index is 0.250. The number of aromatic amines is 1. The number of hydrogen-bond acceptors (Lipinski definition) is 1. The number of benzene rings is 1. The van der Waals surface area contributed by atoms with E-state index in [0.29, 0.717) is 0 Å². The lowest BCUT2D eigenvalue weighted by Gasteiger charge is -1.90. The molecular weight excluding hydrogens is 178 g/mol. The Hall–Kier alpha value is -1.77. The highest BCUT2D eigenvalue weighted by Gasteiger charge is 1.95. The molecule has 2 N–H and O–H groups in total. The van der Waals surface area contributed by atoms with Gasteiger partial charge in [0.15, 0.2) is 0 Å². The third-order valence-electron chi connectivity index (χ3n) is 1.91. The molecule has 3 nitrogen and oxygen atoms in total. The van der Waals surface area contributed by atoms with Crippen LogP contribution in [0, 0.1) is 13.8 Å². The summed E-state index contributed by atoms with van der Waals surface area (Å²) in [6.45, 7) is 3.94. The van der Waals surface area contributed by atoms with E-state index in [2.05, 4.69) is 43.1 Å². The van der Waals surface area contributed by atoms with Crippen LogP contribution in [0.2, 0.25) is 0 Å². The number of H-pyrrole nitrogens is 1. The summed E-state index contributed by atoms with van der Waals surface area (Å²) < 4.78 is 0. The molecule has 3 heteroatoms. The van der Waals surface area contributed by atoms with E-state index in [-0.39, 0.29) is 6.47 Å². The molecule has 0 bridgehead atoms. The molecule has 0 aliphatic rings. The second-order valence-corrected chi connectivity index (χ2v) is 3.15. The van der Waals surface area contributed by atoms with Crippen LogP contribution in [0.15, 0.2) is 24.3 Å². The van der Waals surface area contributed by atoms with Crippen molar-refractivity contribution in [1.82, 2.24) is 4.98 Å². The fourth-order valence-electron chi connectivity index (χ4n) is 1.40. The monoisotopic (exact) mass is 191 g/mol. The van der Waals surface area contributed by atoms with Crippen molar-refractivity contribution in [2.45, 2.75) is 13.8 Å². The van der Waals surface area contributed by atoms with Crippen molar-refractivity contribution in [3.8, 4) is 0 Å². The van der Waals surface area contributed by atoms with Crippen LogP contribution in [0.4, 0.5) is 0 Å². The van der Waals surface area contributed by atoms with E-state index < -0.39 is 0 Å². The van der Waals surface area contributed by atoms with Gasteiger partial charge in [-0.25, -0.2) is 0 Å². The Balaban J connectivity index is 0.000000293. The van der Waals surface area contributed by atoms with Crippen LogP contribution >= 0.6 is 0 Å². The Labute approximate surface area is 82.4 Å². The third-order valence-corrected chi connectivity index (χ3v) is 1.91. The fraction of sp³-hybridized carbons (Fsp3) is 0.182. The molecule has 74 valence electrons. The Morgan fingerprint density at radius 2 is 1.93 bits per heavy atom. The van der Waals surface area contributed by atoms with Crippen molar-refractivity contribution in [3.63, 3.8) is 0 Å². The predicted molar refractivity (Wildman–Crippen MR) is 56.5 cm³/mol. The van der Waals surface area contributed by atoms with Crippen molar-refractivity contribution < 1.29 is 9.90 Å². The Kier molecular flexibility index (Phi) is 3.29. The first kappa shape index (κ1) is 10.3. The van der Waals surface area contributed by atoms with Gasteiger partial charge in [0.1, 0.15) is 0 Å². The van der Waals surface area contributed by atoms with Gasteiger partial charge in [-0.2, -0.15) is 0 Å². The Morgan fingerprint density at radius 1 is 1.29 bits per heavy atom. The summed E-state index contributed by atoms with van der Waals surface area (Å²) in [5.41, 5.74) is 3.77. The van der Waals surface area contributed by atoms with Crippen LogP contribution < -0.4 is 0 Å². The Morgan fingerprint density at radius 3 is 2.57 bits per heavy atom. The lowest BCUT2D eigenvalue weighted by molar-refractivity contribution is -0.122. The van der Waals surface area contributed by atoms with Crippen molar-refractivity contribution in [1.29, 1.82) is 0 Å². The summed E-state index contributed by atoms with van der Waals surface area (Å²) in [7, 11) is 0. The molecule has 0 radical (unpaired) electrons. The van der Waals surface area contributed by atoms with Crippen molar-refractivity contribution in [2.75, 3.05) is 0 Å². The average molecular weight is 191 g/mol. The van der Waals surface area contributed by atoms with Gasteiger partial charge < -0.3 is 10.1 Å². The number of aryl methyl sites for hydroxylation is 2. The summed E-state index contributed by atoms with van der Waals surface area (Å²) >= 11 is 0. The van der Waals surface area contributed by atoms with Gasteiger partial charge in [0, 0.05) is 11.2 Å². The molecule has 0 aliphatic carbocycles. The van der Waals surface area contributed by atoms with E-state index in [9.17, 15) is 0 Å². The zero-order valence-electron chi connectivity index (χ0n) is 8.24. The summed E-state index contributed by atoms with van der Waals surface area (Å²) in [6.07, 6.45) is 0. The van der Waals surface area contributed by atoms with Gasteiger partial charge >= 0.3 is 0 Å². The van der Waals surface area contributed by atoms with E-state index >= 15 is 0 Å². The fourth-order valence-corrected chi connectivity index (χ4v) is 1.40. The van der Waals surface area contributed by atoms with Crippen LogP contribution in [-0.2, 0) is 4.79 Å². The average Bonchev–Trinajstić information content (AvgIpc) is 2.45. The van der Waals surface area contributed by atoms with Crippen molar-refractivity contribution in [3.05, 3.63) is 35.5 Å². The van der Waals surface area contributed by atoms with E-state index in [1.807, 2.05) is 0 Å². The van der Waals surface area contributed by atoms with Gasteiger partial charge in [-0.3, -0.25) is 4.79 Å². The number of fused-ring (bicyclic) bond motifs is 1. The molecule has 0 amide bonds. The topological polar surface area (TPSA) is 53.1 Å². The smallest absolute Gasteiger partial charge is 0.290 e. The van der Waals surface area contributed by atoms with Gasteiger partial charge in [0.25, 0.3) is 6.47 Å². The number of nitrogens with one attached hydrogen (secondary N) is 1. The Bertz CT molecular complexity index is 432. The lowest BCUT2D eigenvalue weighted by Crippen LogP contribution is -1.70. The second-order valence-electron chi connectivity index (χ2n) is 3.15. The largest absolute Gasteiger partial charge is 0.483 e. The summed E-state index contributed by atoms with van der Waals surface area (Å²) in [6, 6.07) is 8.61. The van der Waals surface area contributed by atoms with Gasteiger partial charge in [-0.15, -0.1) is 0 Å². The number of carboxylic acid groups (broad SMARTS) is 1. The number of hydrogen-bond donors (Lipinski definition) is 2. The third kappa shape index (κ3) is 2.36. The maximum absolute atomic E-state index is 8.36. The molecule has 1 aromatic heterocycles. The molecule has 0 saturated heterocycles. The summed E-state index contributed by atoms with van der Waals surface area (Å²) in [4.78, 5) is 11.6. The second kappa shape index (κ2) is 4.46. The first-order valence-corrected chi connectivity index (χ1v) is 4.31. The molecule has 14 heavy (non-hydrogen) atoms. The minimum atomic E-state index is -0.250. The molecule has 2 rings (SSSR count). The zero-order chi connectivity index (χ0) is 10.6. The first-order chi connectivity index (χ1) is 6.67. The summed E-state index contributed by atoms with van der Waals surface area (Å²) in [5, 5.41) is 8.20. The first-order valence-electron chi connectivity index (χ1n) is 4.31. The highest BCUT2D eigenvalue weighted by Crippen LogP contribution is 2.15. The number of aromatic nitrogens is 1. The quantitative estimate of drug-likeness (QED) is 0.628. The molecule has 0 fully saturated rings. The summed E-state index contributed by atoms with van der Waals surface area (Å²) in [5.74, 6) is 0. The minimum Gasteiger partial charge on any atom is -0.483 e. The highest BCUT2D eigenvalue weighted by atomic mass is 16.3. The van der Waals surface area contributed by atoms with Crippen LogP contribution in [0.1, 0.15) is 11.3 Å². The molecule has 0 saturated carbocycles. The van der Waals surface area contributed by atoms with Gasteiger partial charge in [-0.1, -0.05) is 11.6 Å². The molecule has 0 spiro atoms. The van der Waals surface area contributed by atoms with E-state index in [0.717, 1.165) is 0 Å². The van der Waals surface area contributed by atoms with Crippen LogP contribution in [0.3, 0.4) is 0 Å². The van der Waals surface area contributed by atoms with Gasteiger partial charge in [-0.05, 0) is 37.4 Å². The van der Waals surface area contributed by atoms with E-state index in [1.165, 1.54) is 22.2 Å². The highest BCUT2D eigenvalue weighted by molar-refractivity contribution is 5.80. The predicted octanol–water partition coefficient (Wildman–Crippen LogP) is 2.49. The lowest BCUT2D eigenvalue weighted by atomic mass is 10.2. The van der Waals surface area contributed by atoms with E-state index in [4.69, 9.17) is 9.90 Å². The molecule has 0 atom stereocenters. The van der Waals surface area contributed by atoms with Crippen LogP contribution in [0.25, 0.3) is 10.9 Å². The number of rotatable bonds is 0. The maximum atomic E-state index is 8.36. The standard InChI is InChI=1S/C10H11N.CH2O2/c1-7-3-4-10-9(5-7)6-8(2)11-10;2-1-3/h3-6,11H,1-2H3;1H,(H,2,3). The molecule has 1 heterocycles. The SMILES string of the molecule is Cc1ccc2[nH]c(C)cc2c1.O=CO. The maximum Gasteiger partial charge on any atom is 0.290 e. The molecule has 2 aromatic rings. The van der Waals surface area contributed by atoms with Crippen LogP contribution in [-0.4, -0.2) is 16.6 Å². The molecular formula is C11H13NO2. The molecule has 0 unspecified atom stereocenters. The van der Waals surface area contributed by atoms with Crippen molar-refractivity contribution >= 4 is 17.4 Å². The number of carbonyl (C=O) groups is 1. The van der Waals surface area contributed by atoms with Gasteiger partial charge in [0.05, 0.1) is 0 Å². The normalized spacial score (nSPS) is 9.29. The van der Waals surface area contributed by atoms with E-state index in [1.54, 1.807) is 0 Å². The molecule has 1 aromatic carbocycles. The van der Waals surface area contributed by atoms with Crippen molar-refractivity contribution in [2.24, 2.45) is 0 Å². The molecule has 0 aliphatic heterocycles. The van der Waals surface area contributed by atoms with Gasteiger partial charge in [0.2, 0.25) is 0 Å².